The summed E-state index contributed by atoms with van der Waals surface area (Å²) in [5.41, 5.74) is 5.82. The summed E-state index contributed by atoms with van der Waals surface area (Å²) in [6.45, 7) is 5.02. The molecule has 3 nitrogen and oxygen atoms in total. The Kier molecular flexibility index (Phi) is 4.16. The molecule has 0 saturated heterocycles. The molecule has 1 atom stereocenters. The molecule has 0 radical (unpaired) electrons. The Labute approximate surface area is 115 Å². The van der Waals surface area contributed by atoms with E-state index < -0.39 is 0 Å². The Morgan fingerprint density at radius 3 is 2.83 bits per heavy atom. The molecule has 0 aliphatic rings. The van der Waals surface area contributed by atoms with Crippen LogP contribution in [0.4, 0.5) is 0 Å². The third-order valence-electron chi connectivity index (χ3n) is 2.71. The number of nitrogens with one attached hydrogen (secondary N) is 1. The molecule has 2 aromatic rings. The van der Waals surface area contributed by atoms with Crippen molar-refractivity contribution in [3.05, 3.63) is 43.8 Å². The topological polar surface area (TPSA) is 55.1 Å². The third-order valence-corrected chi connectivity index (χ3v) is 4.83. The molecular weight excluding hydrogens is 264 g/mol. The van der Waals surface area contributed by atoms with E-state index in [0.717, 1.165) is 11.4 Å². The average molecular weight is 280 g/mol. The molecule has 2 rings (SSSR count). The van der Waals surface area contributed by atoms with E-state index >= 15 is 0 Å². The van der Waals surface area contributed by atoms with E-state index in [4.69, 9.17) is 5.73 Å². The average Bonchev–Trinajstić information content (AvgIpc) is 2.94. The Bertz CT molecular complexity index is 545. The maximum Gasteiger partial charge on any atom is 0.249 e. The van der Waals surface area contributed by atoms with E-state index in [0.29, 0.717) is 11.6 Å². The fourth-order valence-corrected chi connectivity index (χ4v) is 3.37. The van der Waals surface area contributed by atoms with Gasteiger partial charge in [-0.3, -0.25) is 4.79 Å². The fourth-order valence-electron chi connectivity index (χ4n) is 1.64. The first-order valence-corrected chi connectivity index (χ1v) is 7.43. The summed E-state index contributed by atoms with van der Waals surface area (Å²) in [7, 11) is 0. The molecule has 0 aliphatic carbocycles. The Balaban J connectivity index is 1.92. The number of aryl methyl sites for hydroxylation is 1. The van der Waals surface area contributed by atoms with E-state index in [2.05, 4.69) is 31.3 Å². The molecule has 0 aromatic carbocycles. The molecule has 96 valence electrons. The van der Waals surface area contributed by atoms with Crippen molar-refractivity contribution in [2.24, 2.45) is 5.73 Å². The summed E-state index contributed by atoms with van der Waals surface area (Å²) in [4.78, 5) is 14.8. The highest BCUT2D eigenvalue weighted by atomic mass is 32.1. The maximum absolute atomic E-state index is 11.0. The first-order chi connectivity index (χ1) is 8.56. The van der Waals surface area contributed by atoms with Crippen LogP contribution >= 0.6 is 22.7 Å². The first kappa shape index (κ1) is 13.3. The van der Waals surface area contributed by atoms with Gasteiger partial charge in [0.25, 0.3) is 0 Å². The number of hydrogen-bond acceptors (Lipinski definition) is 4. The van der Waals surface area contributed by atoms with Crippen molar-refractivity contribution in [2.45, 2.75) is 26.4 Å². The molecule has 0 aliphatic heterocycles. The van der Waals surface area contributed by atoms with Gasteiger partial charge in [0.1, 0.15) is 0 Å². The molecule has 0 fully saturated rings. The second-order valence-corrected chi connectivity index (χ2v) is 6.53. The molecule has 0 bridgehead atoms. The Hall–Kier alpha value is -1.17. The summed E-state index contributed by atoms with van der Waals surface area (Å²) in [6.07, 6.45) is 0. The van der Waals surface area contributed by atoms with Crippen molar-refractivity contribution in [1.82, 2.24) is 5.32 Å². The van der Waals surface area contributed by atoms with E-state index in [9.17, 15) is 4.79 Å². The predicted molar refractivity (Wildman–Crippen MR) is 77.1 cm³/mol. The van der Waals surface area contributed by atoms with Crippen molar-refractivity contribution < 1.29 is 4.79 Å². The van der Waals surface area contributed by atoms with E-state index in [1.165, 1.54) is 9.75 Å². The van der Waals surface area contributed by atoms with Crippen molar-refractivity contribution >= 4 is 28.6 Å². The van der Waals surface area contributed by atoms with Crippen LogP contribution in [-0.4, -0.2) is 5.91 Å². The number of rotatable bonds is 5. The maximum atomic E-state index is 11.0. The van der Waals surface area contributed by atoms with Crippen LogP contribution < -0.4 is 11.1 Å². The van der Waals surface area contributed by atoms with Gasteiger partial charge in [-0.1, -0.05) is 0 Å². The standard InChI is InChI=1S/C13H16N2OS2/c1-8-3-4-12(18-8)9(2)15-6-11-5-10(7-17-11)13(14)16/h3-5,7,9,15H,6H2,1-2H3,(H2,14,16). The summed E-state index contributed by atoms with van der Waals surface area (Å²) >= 11 is 3.37. The summed E-state index contributed by atoms with van der Waals surface area (Å²) in [5.74, 6) is -0.362. The molecule has 0 saturated carbocycles. The van der Waals surface area contributed by atoms with Crippen molar-refractivity contribution in [3.8, 4) is 0 Å². The van der Waals surface area contributed by atoms with Crippen LogP contribution in [0.15, 0.2) is 23.6 Å². The lowest BCUT2D eigenvalue weighted by Gasteiger charge is -2.10. The van der Waals surface area contributed by atoms with E-state index in [1.807, 2.05) is 17.4 Å². The number of amides is 1. The van der Waals surface area contributed by atoms with Gasteiger partial charge in [0, 0.05) is 32.6 Å². The van der Waals surface area contributed by atoms with Crippen LogP contribution in [0, 0.1) is 6.92 Å². The molecular formula is C13H16N2OS2. The normalized spacial score (nSPS) is 12.6. The zero-order valence-electron chi connectivity index (χ0n) is 10.4. The molecule has 2 heterocycles. The fraction of sp³-hybridized carbons (Fsp3) is 0.308. The molecule has 5 heteroatoms. The lowest BCUT2D eigenvalue weighted by molar-refractivity contribution is 0.100. The second-order valence-electron chi connectivity index (χ2n) is 4.22. The Morgan fingerprint density at radius 2 is 2.28 bits per heavy atom. The number of carbonyl (C=O) groups excluding carboxylic acids is 1. The van der Waals surface area contributed by atoms with Gasteiger partial charge in [-0.05, 0) is 32.0 Å². The summed E-state index contributed by atoms with van der Waals surface area (Å²) in [5, 5.41) is 5.25. The monoisotopic (exact) mass is 280 g/mol. The number of carbonyl (C=O) groups is 1. The van der Waals surface area contributed by atoms with Gasteiger partial charge in [0.15, 0.2) is 0 Å². The van der Waals surface area contributed by atoms with Gasteiger partial charge in [-0.2, -0.15) is 0 Å². The van der Waals surface area contributed by atoms with Crippen LogP contribution in [0.25, 0.3) is 0 Å². The number of thiophene rings is 2. The molecule has 18 heavy (non-hydrogen) atoms. The van der Waals surface area contributed by atoms with Crippen LogP contribution in [0.5, 0.6) is 0 Å². The molecule has 1 amide bonds. The zero-order valence-corrected chi connectivity index (χ0v) is 12.0. The lowest BCUT2D eigenvalue weighted by atomic mass is 10.2. The predicted octanol–water partition coefficient (Wildman–Crippen LogP) is 3.07. The smallest absolute Gasteiger partial charge is 0.249 e. The van der Waals surface area contributed by atoms with E-state index in [-0.39, 0.29) is 5.91 Å². The van der Waals surface area contributed by atoms with Crippen LogP contribution in [0.2, 0.25) is 0 Å². The SMILES string of the molecule is Cc1ccc(C(C)NCc2cc(C(N)=O)cs2)s1. The summed E-state index contributed by atoms with van der Waals surface area (Å²) in [6, 6.07) is 6.46. The molecule has 2 aromatic heterocycles. The van der Waals surface area contributed by atoms with Crippen LogP contribution in [0.3, 0.4) is 0 Å². The van der Waals surface area contributed by atoms with Crippen molar-refractivity contribution in [1.29, 1.82) is 0 Å². The van der Waals surface area contributed by atoms with Crippen molar-refractivity contribution in [2.75, 3.05) is 0 Å². The van der Waals surface area contributed by atoms with Gasteiger partial charge in [-0.15, -0.1) is 22.7 Å². The van der Waals surface area contributed by atoms with E-state index in [1.54, 1.807) is 16.7 Å². The third kappa shape index (κ3) is 3.19. The van der Waals surface area contributed by atoms with Gasteiger partial charge in [0.2, 0.25) is 5.91 Å². The first-order valence-electron chi connectivity index (χ1n) is 5.73. The van der Waals surface area contributed by atoms with Crippen LogP contribution in [0.1, 0.15) is 38.0 Å². The lowest BCUT2D eigenvalue weighted by Crippen LogP contribution is -2.16. The number of nitrogens with two attached hydrogens (primary N) is 1. The number of primary amides is 1. The quantitative estimate of drug-likeness (QED) is 0.884. The number of hydrogen-bond donors (Lipinski definition) is 2. The van der Waals surface area contributed by atoms with Crippen LogP contribution in [-0.2, 0) is 6.54 Å². The largest absolute Gasteiger partial charge is 0.366 e. The summed E-state index contributed by atoms with van der Waals surface area (Å²) < 4.78 is 0. The molecule has 3 N–H and O–H groups in total. The second kappa shape index (κ2) is 5.65. The highest BCUT2D eigenvalue weighted by molar-refractivity contribution is 7.12. The minimum atomic E-state index is -0.362. The highest BCUT2D eigenvalue weighted by Crippen LogP contribution is 2.23. The molecule has 0 spiro atoms. The van der Waals surface area contributed by atoms with Gasteiger partial charge >= 0.3 is 0 Å². The minimum absolute atomic E-state index is 0.322. The minimum Gasteiger partial charge on any atom is -0.366 e. The van der Waals surface area contributed by atoms with Crippen molar-refractivity contribution in [3.63, 3.8) is 0 Å². The van der Waals surface area contributed by atoms with Gasteiger partial charge in [-0.25, -0.2) is 0 Å². The van der Waals surface area contributed by atoms with Gasteiger partial charge in [0.05, 0.1) is 5.56 Å². The molecule has 1 unspecified atom stereocenters. The van der Waals surface area contributed by atoms with Gasteiger partial charge < -0.3 is 11.1 Å². The Morgan fingerprint density at radius 1 is 1.50 bits per heavy atom. The zero-order chi connectivity index (χ0) is 13.1. The highest BCUT2D eigenvalue weighted by Gasteiger charge is 2.09.